The average Bonchev–Trinajstić information content (AvgIpc) is 2.52. The average molecular weight is 282 g/mol. The van der Waals surface area contributed by atoms with Gasteiger partial charge in [-0.3, -0.25) is 11.3 Å². The minimum Gasteiger partial charge on any atom is -0.271 e. The van der Waals surface area contributed by atoms with E-state index >= 15 is 0 Å². The van der Waals surface area contributed by atoms with Crippen LogP contribution in [0, 0.1) is 6.92 Å². The highest BCUT2D eigenvalue weighted by Gasteiger charge is 2.24. The van der Waals surface area contributed by atoms with E-state index in [1.54, 1.807) is 6.20 Å². The molecule has 21 heavy (non-hydrogen) atoms. The van der Waals surface area contributed by atoms with Crippen LogP contribution in [0.4, 0.5) is 0 Å². The van der Waals surface area contributed by atoms with Crippen LogP contribution >= 0.6 is 0 Å². The fourth-order valence-corrected chi connectivity index (χ4v) is 3.33. The summed E-state index contributed by atoms with van der Waals surface area (Å²) in [6.45, 7) is 1.91. The Balaban J connectivity index is 1.82. The monoisotopic (exact) mass is 282 g/mol. The summed E-state index contributed by atoms with van der Waals surface area (Å²) in [4.78, 5) is 8.67. The summed E-state index contributed by atoms with van der Waals surface area (Å²) >= 11 is 0. The van der Waals surface area contributed by atoms with Crippen molar-refractivity contribution in [1.29, 1.82) is 0 Å². The molecule has 0 fully saturated rings. The van der Waals surface area contributed by atoms with Gasteiger partial charge in [-0.25, -0.2) is 9.97 Å². The topological polar surface area (TPSA) is 63.8 Å². The van der Waals surface area contributed by atoms with Crippen molar-refractivity contribution in [2.24, 2.45) is 5.84 Å². The number of aromatic nitrogens is 2. The Morgan fingerprint density at radius 1 is 1.33 bits per heavy atom. The second-order valence-corrected chi connectivity index (χ2v) is 5.77. The van der Waals surface area contributed by atoms with Gasteiger partial charge in [0.15, 0.2) is 0 Å². The summed E-state index contributed by atoms with van der Waals surface area (Å²) in [6.07, 6.45) is 6.45. The number of nitrogens with one attached hydrogen (secondary N) is 1. The molecule has 4 heteroatoms. The molecule has 3 rings (SSSR count). The third-order valence-electron chi connectivity index (χ3n) is 4.37. The first kappa shape index (κ1) is 14.2. The molecule has 1 aliphatic carbocycles. The number of nitrogens with two attached hydrogens (primary N) is 1. The van der Waals surface area contributed by atoms with Gasteiger partial charge in [-0.05, 0) is 55.7 Å². The molecule has 0 saturated heterocycles. The summed E-state index contributed by atoms with van der Waals surface area (Å²) in [7, 11) is 0. The van der Waals surface area contributed by atoms with Gasteiger partial charge >= 0.3 is 0 Å². The molecule has 0 saturated carbocycles. The van der Waals surface area contributed by atoms with Crippen LogP contribution in [0.1, 0.15) is 53.9 Å². The fourth-order valence-electron chi connectivity index (χ4n) is 3.33. The van der Waals surface area contributed by atoms with E-state index < -0.39 is 0 Å². The van der Waals surface area contributed by atoms with Crippen molar-refractivity contribution < 1.29 is 0 Å². The molecule has 0 spiro atoms. The van der Waals surface area contributed by atoms with Gasteiger partial charge in [0.25, 0.3) is 0 Å². The van der Waals surface area contributed by atoms with Gasteiger partial charge in [0.05, 0.1) is 11.7 Å². The lowest BCUT2D eigenvalue weighted by molar-refractivity contribution is 0.418. The molecule has 1 aromatic carbocycles. The van der Waals surface area contributed by atoms with Gasteiger partial charge in [-0.15, -0.1) is 0 Å². The van der Waals surface area contributed by atoms with E-state index in [1.807, 2.05) is 13.0 Å². The Morgan fingerprint density at radius 3 is 3.00 bits per heavy atom. The lowest BCUT2D eigenvalue weighted by Gasteiger charge is -2.28. The van der Waals surface area contributed by atoms with Crippen LogP contribution in [0.3, 0.4) is 0 Å². The Morgan fingerprint density at radius 2 is 2.19 bits per heavy atom. The first-order valence-electron chi connectivity index (χ1n) is 7.61. The smallest absolute Gasteiger partial charge is 0.125 e. The van der Waals surface area contributed by atoms with E-state index in [1.165, 1.54) is 30.4 Å². The number of fused-ring (bicyclic) bond motifs is 1. The summed E-state index contributed by atoms with van der Waals surface area (Å²) in [5.74, 6) is 7.12. The van der Waals surface area contributed by atoms with Gasteiger partial charge in [0.1, 0.15) is 5.82 Å². The molecule has 0 aliphatic heterocycles. The van der Waals surface area contributed by atoms with Crippen molar-refractivity contribution in [2.75, 3.05) is 0 Å². The van der Waals surface area contributed by atoms with Crippen LogP contribution < -0.4 is 11.3 Å². The summed E-state index contributed by atoms with van der Waals surface area (Å²) < 4.78 is 0. The Bertz CT molecular complexity index is 611. The predicted molar refractivity (Wildman–Crippen MR) is 83.6 cm³/mol. The van der Waals surface area contributed by atoms with Crippen LogP contribution in [0.5, 0.6) is 0 Å². The molecule has 2 unspecified atom stereocenters. The molecule has 0 bridgehead atoms. The SMILES string of the molecule is Cc1nccc(C(CC2CCCc3ccccc32)NN)n1. The zero-order chi connectivity index (χ0) is 14.7. The first-order chi connectivity index (χ1) is 10.3. The molecule has 3 N–H and O–H groups in total. The Hall–Kier alpha value is -1.78. The van der Waals surface area contributed by atoms with Gasteiger partial charge < -0.3 is 0 Å². The summed E-state index contributed by atoms with van der Waals surface area (Å²) in [6, 6.07) is 10.8. The molecular weight excluding hydrogens is 260 g/mol. The predicted octanol–water partition coefficient (Wildman–Crippen LogP) is 2.80. The number of hydrogen-bond donors (Lipinski definition) is 2. The van der Waals surface area contributed by atoms with E-state index in [9.17, 15) is 0 Å². The van der Waals surface area contributed by atoms with E-state index in [-0.39, 0.29) is 6.04 Å². The minimum absolute atomic E-state index is 0.0721. The molecule has 2 atom stereocenters. The zero-order valence-corrected chi connectivity index (χ0v) is 12.4. The molecule has 1 aliphatic rings. The zero-order valence-electron chi connectivity index (χ0n) is 12.4. The van der Waals surface area contributed by atoms with Gasteiger partial charge in [0.2, 0.25) is 0 Å². The minimum atomic E-state index is 0.0721. The molecule has 1 heterocycles. The fraction of sp³-hybridized carbons (Fsp3) is 0.412. The second kappa shape index (κ2) is 6.33. The quantitative estimate of drug-likeness (QED) is 0.668. The maximum Gasteiger partial charge on any atom is 0.125 e. The van der Waals surface area contributed by atoms with Crippen LogP contribution in [-0.4, -0.2) is 9.97 Å². The van der Waals surface area contributed by atoms with Crippen LogP contribution in [-0.2, 0) is 6.42 Å². The molecular formula is C17H22N4. The van der Waals surface area contributed by atoms with Crippen LogP contribution in [0.15, 0.2) is 36.5 Å². The standard InChI is InChI=1S/C17H22N4/c1-12-19-10-9-16(20-12)17(21-18)11-14-7-4-6-13-5-2-3-8-15(13)14/h2-3,5,8-10,14,17,21H,4,6-7,11,18H2,1H3. The largest absolute Gasteiger partial charge is 0.271 e. The maximum absolute atomic E-state index is 5.78. The number of hydrogen-bond acceptors (Lipinski definition) is 4. The number of rotatable bonds is 4. The third kappa shape index (κ3) is 3.12. The first-order valence-corrected chi connectivity index (χ1v) is 7.61. The number of benzene rings is 1. The van der Waals surface area contributed by atoms with Crippen molar-refractivity contribution in [3.05, 3.63) is 59.2 Å². The van der Waals surface area contributed by atoms with Crippen molar-refractivity contribution in [1.82, 2.24) is 15.4 Å². The molecule has 0 amide bonds. The van der Waals surface area contributed by atoms with Crippen molar-refractivity contribution in [3.63, 3.8) is 0 Å². The molecule has 0 radical (unpaired) electrons. The third-order valence-corrected chi connectivity index (χ3v) is 4.37. The van der Waals surface area contributed by atoms with Gasteiger partial charge in [0, 0.05) is 6.20 Å². The molecule has 1 aromatic heterocycles. The molecule has 110 valence electrons. The highest BCUT2D eigenvalue weighted by molar-refractivity contribution is 5.33. The van der Waals surface area contributed by atoms with Crippen LogP contribution in [0.25, 0.3) is 0 Å². The highest BCUT2D eigenvalue weighted by atomic mass is 15.2. The number of aryl methyl sites for hydroxylation is 2. The van der Waals surface area contributed by atoms with Crippen molar-refractivity contribution in [3.8, 4) is 0 Å². The summed E-state index contributed by atoms with van der Waals surface area (Å²) in [5, 5.41) is 0. The summed E-state index contributed by atoms with van der Waals surface area (Å²) in [5.41, 5.74) is 6.88. The van der Waals surface area contributed by atoms with Crippen molar-refractivity contribution in [2.45, 2.75) is 44.6 Å². The Labute approximate surface area is 125 Å². The molecule has 4 nitrogen and oxygen atoms in total. The number of hydrazine groups is 1. The van der Waals surface area contributed by atoms with Crippen LogP contribution in [0.2, 0.25) is 0 Å². The van der Waals surface area contributed by atoms with Gasteiger partial charge in [-0.2, -0.15) is 0 Å². The second-order valence-electron chi connectivity index (χ2n) is 5.77. The van der Waals surface area contributed by atoms with Crippen molar-refractivity contribution >= 4 is 0 Å². The van der Waals surface area contributed by atoms with E-state index in [0.717, 1.165) is 17.9 Å². The maximum atomic E-state index is 5.78. The lowest BCUT2D eigenvalue weighted by Crippen LogP contribution is -2.30. The van der Waals surface area contributed by atoms with E-state index in [4.69, 9.17) is 5.84 Å². The Kier molecular flexibility index (Phi) is 4.27. The highest BCUT2D eigenvalue weighted by Crippen LogP contribution is 2.37. The van der Waals surface area contributed by atoms with Gasteiger partial charge in [-0.1, -0.05) is 24.3 Å². The normalized spacial score (nSPS) is 19.0. The van der Waals surface area contributed by atoms with E-state index in [2.05, 4.69) is 39.7 Å². The lowest BCUT2D eigenvalue weighted by atomic mass is 9.79. The van der Waals surface area contributed by atoms with E-state index in [0.29, 0.717) is 5.92 Å². The molecule has 2 aromatic rings. The number of nitrogens with zero attached hydrogens (tertiary/aromatic N) is 2.